The molecule has 2 rings (SSSR count). The molecule has 5 nitrogen and oxygen atoms in total. The Morgan fingerprint density at radius 1 is 1.22 bits per heavy atom. The fourth-order valence-electron chi connectivity index (χ4n) is 3.04. The Morgan fingerprint density at radius 2 is 1.87 bits per heavy atom. The Labute approximate surface area is 139 Å². The Kier molecular flexibility index (Phi) is 5.81. The van der Waals surface area contributed by atoms with Crippen LogP contribution in [-0.4, -0.2) is 38.4 Å². The molecule has 1 N–H and O–H groups in total. The number of rotatable bonds is 6. The van der Waals surface area contributed by atoms with Gasteiger partial charge in [0.1, 0.15) is 0 Å². The lowest BCUT2D eigenvalue weighted by atomic mass is 9.92. The quantitative estimate of drug-likeness (QED) is 0.864. The summed E-state index contributed by atoms with van der Waals surface area (Å²) in [6, 6.07) is 5.46. The van der Waals surface area contributed by atoms with Crippen LogP contribution in [0.3, 0.4) is 0 Å². The maximum absolute atomic E-state index is 12.4. The summed E-state index contributed by atoms with van der Waals surface area (Å²) in [4.78, 5) is 13.5. The van der Waals surface area contributed by atoms with Crippen LogP contribution in [0.1, 0.15) is 44.7 Å². The van der Waals surface area contributed by atoms with Gasteiger partial charge >= 0.3 is 0 Å². The number of amides is 1. The molecule has 0 bridgehead atoms. The van der Waals surface area contributed by atoms with Crippen LogP contribution in [0.2, 0.25) is 0 Å². The van der Waals surface area contributed by atoms with Gasteiger partial charge in [0.2, 0.25) is 15.9 Å². The molecule has 1 aromatic rings. The van der Waals surface area contributed by atoms with Crippen LogP contribution in [0.5, 0.6) is 0 Å². The number of carbonyl (C=O) groups is 1. The van der Waals surface area contributed by atoms with Gasteiger partial charge in [-0.2, -0.15) is 0 Å². The molecule has 1 amide bonds. The number of fused-ring (bicyclic) bond motifs is 1. The molecule has 0 spiro atoms. The minimum Gasteiger partial charge on any atom is -0.339 e. The highest BCUT2D eigenvalue weighted by Gasteiger charge is 2.19. The molecule has 0 fully saturated rings. The third-order valence-electron chi connectivity index (χ3n) is 4.30. The third-order valence-corrected chi connectivity index (χ3v) is 5.76. The SMILES string of the molecule is CC(=O)N(CCNS(=O)(=O)c1ccc2c(c1)CCCC2)C(C)C. The maximum Gasteiger partial charge on any atom is 0.240 e. The van der Waals surface area contributed by atoms with Gasteiger partial charge in [-0.25, -0.2) is 13.1 Å². The smallest absolute Gasteiger partial charge is 0.240 e. The van der Waals surface area contributed by atoms with Crippen molar-refractivity contribution < 1.29 is 13.2 Å². The summed E-state index contributed by atoms with van der Waals surface area (Å²) in [6.45, 7) is 5.92. The first kappa shape index (κ1) is 17.9. The second kappa shape index (κ2) is 7.45. The van der Waals surface area contributed by atoms with Crippen LogP contribution >= 0.6 is 0 Å². The monoisotopic (exact) mass is 338 g/mol. The molecule has 1 aromatic carbocycles. The zero-order valence-electron chi connectivity index (χ0n) is 14.1. The van der Waals surface area contributed by atoms with Crippen molar-refractivity contribution in [1.29, 1.82) is 0 Å². The Morgan fingerprint density at radius 3 is 2.48 bits per heavy atom. The zero-order chi connectivity index (χ0) is 17.0. The standard InChI is InChI=1S/C17H26N2O3S/c1-13(2)19(14(3)20)11-10-18-23(21,22)17-9-8-15-6-4-5-7-16(15)12-17/h8-9,12-13,18H,4-7,10-11H2,1-3H3. The molecule has 23 heavy (non-hydrogen) atoms. The van der Waals surface area contributed by atoms with E-state index >= 15 is 0 Å². The average molecular weight is 338 g/mol. The molecule has 0 aliphatic heterocycles. The average Bonchev–Trinajstić information content (AvgIpc) is 2.50. The molecule has 0 saturated heterocycles. The lowest BCUT2D eigenvalue weighted by molar-refractivity contribution is -0.130. The first-order valence-electron chi connectivity index (χ1n) is 8.20. The van der Waals surface area contributed by atoms with Gasteiger partial charge < -0.3 is 4.90 Å². The molecule has 1 aliphatic rings. The highest BCUT2D eigenvalue weighted by atomic mass is 32.2. The number of benzene rings is 1. The van der Waals surface area contributed by atoms with Gasteiger partial charge in [-0.3, -0.25) is 4.79 Å². The van der Waals surface area contributed by atoms with Crippen LogP contribution in [0.15, 0.2) is 23.1 Å². The molecular weight excluding hydrogens is 312 g/mol. The van der Waals surface area contributed by atoms with Gasteiger partial charge in [-0.15, -0.1) is 0 Å². The van der Waals surface area contributed by atoms with Crippen LogP contribution in [0.4, 0.5) is 0 Å². The van der Waals surface area contributed by atoms with Crippen molar-refractivity contribution in [2.24, 2.45) is 0 Å². The Bertz CT molecular complexity index is 668. The highest BCUT2D eigenvalue weighted by Crippen LogP contribution is 2.23. The Hall–Kier alpha value is -1.40. The zero-order valence-corrected chi connectivity index (χ0v) is 14.9. The van der Waals surface area contributed by atoms with Crippen LogP contribution in [0.25, 0.3) is 0 Å². The summed E-state index contributed by atoms with van der Waals surface area (Å²) in [5, 5.41) is 0. The van der Waals surface area contributed by atoms with E-state index in [-0.39, 0.29) is 18.5 Å². The Balaban J connectivity index is 2.03. The summed E-state index contributed by atoms with van der Waals surface area (Å²) in [7, 11) is -3.53. The molecular formula is C17H26N2O3S. The molecule has 0 unspecified atom stereocenters. The van der Waals surface area contributed by atoms with E-state index in [0.717, 1.165) is 24.8 Å². The summed E-state index contributed by atoms with van der Waals surface area (Å²) in [5.74, 6) is -0.0482. The van der Waals surface area contributed by atoms with Crippen LogP contribution in [0, 0.1) is 0 Å². The van der Waals surface area contributed by atoms with E-state index in [2.05, 4.69) is 4.72 Å². The third kappa shape index (κ3) is 4.54. The summed E-state index contributed by atoms with van der Waals surface area (Å²) in [6.07, 6.45) is 4.27. The molecule has 0 atom stereocenters. The van der Waals surface area contributed by atoms with Crippen molar-refractivity contribution in [3.05, 3.63) is 29.3 Å². The van der Waals surface area contributed by atoms with Crippen molar-refractivity contribution >= 4 is 15.9 Å². The number of hydrogen-bond donors (Lipinski definition) is 1. The minimum atomic E-state index is -3.53. The minimum absolute atomic E-state index is 0.0482. The van der Waals surface area contributed by atoms with Crippen molar-refractivity contribution in [1.82, 2.24) is 9.62 Å². The van der Waals surface area contributed by atoms with E-state index in [9.17, 15) is 13.2 Å². The van der Waals surface area contributed by atoms with Gasteiger partial charge in [-0.1, -0.05) is 6.07 Å². The van der Waals surface area contributed by atoms with E-state index in [1.54, 1.807) is 17.0 Å². The molecule has 128 valence electrons. The number of nitrogens with one attached hydrogen (secondary N) is 1. The van der Waals surface area contributed by atoms with Crippen molar-refractivity contribution in [3.8, 4) is 0 Å². The van der Waals surface area contributed by atoms with E-state index in [1.807, 2.05) is 19.9 Å². The molecule has 0 heterocycles. The number of aryl methyl sites for hydroxylation is 2. The van der Waals surface area contributed by atoms with Crippen molar-refractivity contribution in [2.75, 3.05) is 13.1 Å². The lowest BCUT2D eigenvalue weighted by Crippen LogP contribution is -2.41. The predicted octanol–water partition coefficient (Wildman–Crippen LogP) is 2.10. The summed E-state index contributed by atoms with van der Waals surface area (Å²) < 4.78 is 27.4. The van der Waals surface area contributed by atoms with E-state index < -0.39 is 10.0 Å². The molecule has 1 aliphatic carbocycles. The summed E-state index contributed by atoms with van der Waals surface area (Å²) in [5.41, 5.74) is 2.41. The fraction of sp³-hybridized carbons (Fsp3) is 0.588. The van der Waals surface area contributed by atoms with Gasteiger partial charge in [0, 0.05) is 26.1 Å². The van der Waals surface area contributed by atoms with E-state index in [1.165, 1.54) is 18.9 Å². The van der Waals surface area contributed by atoms with Gasteiger partial charge in [0.25, 0.3) is 0 Å². The topological polar surface area (TPSA) is 66.5 Å². The van der Waals surface area contributed by atoms with E-state index in [0.29, 0.717) is 11.4 Å². The lowest BCUT2D eigenvalue weighted by Gasteiger charge is -2.25. The van der Waals surface area contributed by atoms with Crippen molar-refractivity contribution in [3.63, 3.8) is 0 Å². The van der Waals surface area contributed by atoms with Gasteiger partial charge in [0.15, 0.2) is 0 Å². The number of carbonyl (C=O) groups excluding carboxylic acids is 1. The molecule has 0 radical (unpaired) electrons. The normalized spacial score (nSPS) is 14.6. The van der Waals surface area contributed by atoms with Gasteiger partial charge in [0.05, 0.1) is 4.90 Å². The number of sulfonamides is 1. The molecule has 0 saturated carbocycles. The summed E-state index contributed by atoms with van der Waals surface area (Å²) >= 11 is 0. The largest absolute Gasteiger partial charge is 0.339 e. The van der Waals surface area contributed by atoms with Crippen molar-refractivity contribution in [2.45, 2.75) is 57.4 Å². The second-order valence-corrected chi connectivity index (χ2v) is 8.11. The second-order valence-electron chi connectivity index (χ2n) is 6.34. The molecule has 6 heteroatoms. The van der Waals surface area contributed by atoms with Crippen LogP contribution < -0.4 is 4.72 Å². The van der Waals surface area contributed by atoms with Crippen LogP contribution in [-0.2, 0) is 27.7 Å². The van der Waals surface area contributed by atoms with E-state index in [4.69, 9.17) is 0 Å². The molecule has 0 aromatic heterocycles. The number of nitrogens with zero attached hydrogens (tertiary/aromatic N) is 1. The number of hydrogen-bond acceptors (Lipinski definition) is 3. The van der Waals surface area contributed by atoms with Gasteiger partial charge in [-0.05, 0) is 62.8 Å². The first-order valence-corrected chi connectivity index (χ1v) is 9.68. The fourth-order valence-corrected chi connectivity index (χ4v) is 4.11. The first-order chi connectivity index (χ1) is 10.8. The maximum atomic E-state index is 12.4. The predicted molar refractivity (Wildman–Crippen MR) is 90.8 cm³/mol. The highest BCUT2D eigenvalue weighted by molar-refractivity contribution is 7.89.